The van der Waals surface area contributed by atoms with E-state index < -0.39 is 0 Å². The third-order valence-corrected chi connectivity index (χ3v) is 4.68. The lowest BCUT2D eigenvalue weighted by atomic mass is 10.1. The number of rotatable bonds is 6. The summed E-state index contributed by atoms with van der Waals surface area (Å²) in [6.07, 6.45) is 6.99. The lowest BCUT2D eigenvalue weighted by Gasteiger charge is -2.30. The van der Waals surface area contributed by atoms with Gasteiger partial charge in [0.25, 0.3) is 0 Å². The third kappa shape index (κ3) is 3.39. The van der Waals surface area contributed by atoms with Gasteiger partial charge in [-0.3, -0.25) is 9.59 Å². The standard InChI is InChI=1S/C16H24N4O3/c1-18-8-6-17-14(18)11-19(9-10-21)16(23)13-3-2-7-20(13)15(22)12-4-5-12/h6,8,12-13,21H,2-5,7,9-11H2,1H3/t13-/m0/s1. The molecule has 1 aliphatic heterocycles. The molecule has 0 unspecified atom stereocenters. The fourth-order valence-corrected chi connectivity index (χ4v) is 3.17. The first-order valence-corrected chi connectivity index (χ1v) is 8.28. The molecule has 1 saturated carbocycles. The van der Waals surface area contributed by atoms with Crippen molar-refractivity contribution in [1.82, 2.24) is 19.4 Å². The molecule has 1 saturated heterocycles. The lowest BCUT2D eigenvalue weighted by molar-refractivity contribution is -0.145. The summed E-state index contributed by atoms with van der Waals surface area (Å²) in [6.45, 7) is 1.18. The first-order valence-electron chi connectivity index (χ1n) is 8.28. The van der Waals surface area contributed by atoms with E-state index in [0.29, 0.717) is 19.5 Å². The molecular formula is C16H24N4O3. The van der Waals surface area contributed by atoms with Gasteiger partial charge in [0.05, 0.1) is 13.2 Å². The minimum absolute atomic E-state index is 0.0754. The van der Waals surface area contributed by atoms with Gasteiger partial charge in [-0.05, 0) is 25.7 Å². The predicted octanol–water partition coefficient (Wildman–Crippen LogP) is 0.142. The Kier molecular flexibility index (Phi) is 4.66. The summed E-state index contributed by atoms with van der Waals surface area (Å²) in [4.78, 5) is 32.9. The van der Waals surface area contributed by atoms with Gasteiger partial charge in [-0.15, -0.1) is 0 Å². The number of aliphatic hydroxyl groups is 1. The Bertz CT molecular complexity index is 582. The molecule has 0 spiro atoms. The number of aryl methyl sites for hydroxylation is 1. The van der Waals surface area contributed by atoms with Crippen molar-refractivity contribution in [3.8, 4) is 0 Å². The summed E-state index contributed by atoms with van der Waals surface area (Å²) in [5.41, 5.74) is 0. The summed E-state index contributed by atoms with van der Waals surface area (Å²) in [6, 6.07) is -0.380. The van der Waals surface area contributed by atoms with E-state index in [-0.39, 0.29) is 36.9 Å². The highest BCUT2D eigenvalue weighted by Crippen LogP contribution is 2.34. The zero-order valence-corrected chi connectivity index (χ0v) is 13.5. The van der Waals surface area contributed by atoms with Crippen LogP contribution < -0.4 is 0 Å². The van der Waals surface area contributed by atoms with Gasteiger partial charge in [-0.2, -0.15) is 0 Å². The van der Waals surface area contributed by atoms with Crippen molar-refractivity contribution in [2.24, 2.45) is 13.0 Å². The molecule has 2 amide bonds. The van der Waals surface area contributed by atoms with Crippen LogP contribution in [0.5, 0.6) is 0 Å². The second-order valence-electron chi connectivity index (χ2n) is 6.40. The highest BCUT2D eigenvalue weighted by Gasteiger charge is 2.42. The van der Waals surface area contributed by atoms with Crippen molar-refractivity contribution in [2.45, 2.75) is 38.3 Å². The summed E-state index contributed by atoms with van der Waals surface area (Å²) in [5, 5.41) is 9.30. The number of aliphatic hydroxyl groups excluding tert-OH is 1. The van der Waals surface area contributed by atoms with Crippen LogP contribution >= 0.6 is 0 Å². The first-order chi connectivity index (χ1) is 11.1. The quantitative estimate of drug-likeness (QED) is 0.809. The van der Waals surface area contributed by atoms with Crippen LogP contribution in [-0.2, 0) is 23.2 Å². The van der Waals surface area contributed by atoms with Gasteiger partial charge in [-0.25, -0.2) is 4.98 Å². The number of hydrogen-bond donors (Lipinski definition) is 1. The van der Waals surface area contributed by atoms with E-state index in [1.54, 1.807) is 16.0 Å². The normalized spacial score (nSPS) is 20.8. The number of amides is 2. The number of likely N-dealkylation sites (tertiary alicyclic amines) is 1. The zero-order valence-electron chi connectivity index (χ0n) is 13.5. The maximum atomic E-state index is 12.9. The molecule has 3 rings (SSSR count). The van der Waals surface area contributed by atoms with E-state index >= 15 is 0 Å². The average molecular weight is 320 g/mol. The van der Waals surface area contributed by atoms with Crippen LogP contribution in [0.15, 0.2) is 12.4 Å². The molecular weight excluding hydrogens is 296 g/mol. The van der Waals surface area contributed by atoms with Crippen LogP contribution in [-0.4, -0.2) is 62.0 Å². The minimum atomic E-state index is -0.380. The van der Waals surface area contributed by atoms with Crippen molar-refractivity contribution in [2.75, 3.05) is 19.7 Å². The Hall–Kier alpha value is -1.89. The fraction of sp³-hybridized carbons (Fsp3) is 0.688. The molecule has 7 heteroatoms. The van der Waals surface area contributed by atoms with Crippen molar-refractivity contribution in [3.05, 3.63) is 18.2 Å². The summed E-state index contributed by atoms with van der Waals surface area (Å²) >= 11 is 0. The molecule has 1 aliphatic carbocycles. The van der Waals surface area contributed by atoms with E-state index in [2.05, 4.69) is 4.98 Å². The van der Waals surface area contributed by atoms with E-state index in [4.69, 9.17) is 0 Å². The molecule has 2 aliphatic rings. The number of nitrogens with zero attached hydrogens (tertiary/aromatic N) is 4. The van der Waals surface area contributed by atoms with Crippen LogP contribution in [0.2, 0.25) is 0 Å². The topological polar surface area (TPSA) is 78.7 Å². The summed E-state index contributed by atoms with van der Waals surface area (Å²) in [7, 11) is 1.88. The molecule has 2 fully saturated rings. The number of carbonyl (C=O) groups excluding carboxylic acids is 2. The molecule has 0 aromatic carbocycles. The highest BCUT2D eigenvalue weighted by molar-refractivity contribution is 5.90. The lowest BCUT2D eigenvalue weighted by Crippen LogP contribution is -2.48. The van der Waals surface area contributed by atoms with Crippen LogP contribution in [0, 0.1) is 5.92 Å². The second-order valence-corrected chi connectivity index (χ2v) is 6.40. The summed E-state index contributed by atoms with van der Waals surface area (Å²) < 4.78 is 1.86. The van der Waals surface area contributed by atoms with E-state index in [1.807, 2.05) is 17.8 Å². The van der Waals surface area contributed by atoms with Gasteiger partial charge in [-0.1, -0.05) is 0 Å². The number of hydrogen-bond acceptors (Lipinski definition) is 4. The van der Waals surface area contributed by atoms with Gasteiger partial charge >= 0.3 is 0 Å². The molecule has 126 valence electrons. The van der Waals surface area contributed by atoms with Crippen molar-refractivity contribution < 1.29 is 14.7 Å². The Balaban J connectivity index is 1.71. The molecule has 1 aromatic heterocycles. The van der Waals surface area contributed by atoms with Gasteiger partial charge in [0.15, 0.2) is 0 Å². The maximum Gasteiger partial charge on any atom is 0.245 e. The van der Waals surface area contributed by atoms with Gasteiger partial charge in [0.1, 0.15) is 11.9 Å². The molecule has 2 heterocycles. The van der Waals surface area contributed by atoms with Crippen molar-refractivity contribution in [3.63, 3.8) is 0 Å². The molecule has 7 nitrogen and oxygen atoms in total. The largest absolute Gasteiger partial charge is 0.395 e. The SMILES string of the molecule is Cn1ccnc1CN(CCO)C(=O)[C@@H]1CCCN1C(=O)C1CC1. The zero-order chi connectivity index (χ0) is 16.4. The van der Waals surface area contributed by atoms with Gasteiger partial charge < -0.3 is 19.5 Å². The second kappa shape index (κ2) is 6.70. The maximum absolute atomic E-state index is 12.9. The Morgan fingerprint density at radius 1 is 1.39 bits per heavy atom. The molecule has 1 N–H and O–H groups in total. The van der Waals surface area contributed by atoms with Crippen LogP contribution in [0.1, 0.15) is 31.5 Å². The number of carbonyl (C=O) groups is 2. The Morgan fingerprint density at radius 2 is 2.17 bits per heavy atom. The molecule has 23 heavy (non-hydrogen) atoms. The molecule has 1 aromatic rings. The van der Waals surface area contributed by atoms with E-state index in [9.17, 15) is 14.7 Å². The fourth-order valence-electron chi connectivity index (χ4n) is 3.17. The first kappa shape index (κ1) is 16.0. The van der Waals surface area contributed by atoms with Crippen molar-refractivity contribution >= 4 is 11.8 Å². The minimum Gasteiger partial charge on any atom is -0.395 e. The van der Waals surface area contributed by atoms with Gasteiger partial charge in [0.2, 0.25) is 11.8 Å². The number of aromatic nitrogens is 2. The average Bonchev–Trinajstić information content (AvgIpc) is 3.14. The van der Waals surface area contributed by atoms with E-state index in [1.165, 1.54) is 0 Å². The van der Waals surface area contributed by atoms with Crippen LogP contribution in [0.4, 0.5) is 0 Å². The van der Waals surface area contributed by atoms with Crippen LogP contribution in [0.3, 0.4) is 0 Å². The number of imidazole rings is 1. The Labute approximate surface area is 135 Å². The molecule has 0 radical (unpaired) electrons. The molecule has 1 atom stereocenters. The molecule has 0 bridgehead atoms. The smallest absolute Gasteiger partial charge is 0.245 e. The monoisotopic (exact) mass is 320 g/mol. The predicted molar refractivity (Wildman–Crippen MR) is 83.2 cm³/mol. The third-order valence-electron chi connectivity index (χ3n) is 4.68. The highest BCUT2D eigenvalue weighted by atomic mass is 16.3. The summed E-state index contributed by atoms with van der Waals surface area (Å²) in [5.74, 6) is 0.949. The van der Waals surface area contributed by atoms with E-state index in [0.717, 1.165) is 25.1 Å². The Morgan fingerprint density at radius 3 is 2.78 bits per heavy atom. The van der Waals surface area contributed by atoms with Crippen LogP contribution in [0.25, 0.3) is 0 Å². The van der Waals surface area contributed by atoms with Crippen molar-refractivity contribution in [1.29, 1.82) is 0 Å². The van der Waals surface area contributed by atoms with Gasteiger partial charge in [0, 0.05) is 38.4 Å².